The Morgan fingerprint density at radius 2 is 2.12 bits per heavy atom. The fourth-order valence-electron chi connectivity index (χ4n) is 3.09. The van der Waals surface area contributed by atoms with E-state index in [0.29, 0.717) is 25.9 Å². The van der Waals surface area contributed by atoms with E-state index in [2.05, 4.69) is 11.1 Å². The van der Waals surface area contributed by atoms with Crippen LogP contribution in [0.3, 0.4) is 0 Å². The first-order chi connectivity index (χ1) is 11.5. The summed E-state index contributed by atoms with van der Waals surface area (Å²) in [6, 6.07) is 8.11. The van der Waals surface area contributed by atoms with Gasteiger partial charge in [-0.15, -0.1) is 11.3 Å². The number of carbonyl (C=O) groups is 2. The van der Waals surface area contributed by atoms with E-state index in [4.69, 9.17) is 0 Å². The number of likely N-dealkylation sites (tertiary alicyclic amines) is 1. The summed E-state index contributed by atoms with van der Waals surface area (Å²) in [6.07, 6.45) is 3.66. The van der Waals surface area contributed by atoms with Crippen LogP contribution in [-0.2, 0) is 16.0 Å². The lowest BCUT2D eigenvalue weighted by Gasteiger charge is -2.20. The third-order valence-corrected chi connectivity index (χ3v) is 5.81. The van der Waals surface area contributed by atoms with Gasteiger partial charge in [-0.05, 0) is 44.7 Å². The maximum absolute atomic E-state index is 12.2. The monoisotopic (exact) mass is 346 g/mol. The highest BCUT2D eigenvalue weighted by Gasteiger charge is 2.41. The number of carboxylic acid groups (broad SMARTS) is 1. The number of carboxylic acids is 1. The second-order valence-corrected chi connectivity index (χ2v) is 7.83. The highest BCUT2D eigenvalue weighted by molar-refractivity contribution is 7.18. The van der Waals surface area contributed by atoms with Crippen LogP contribution in [0.1, 0.15) is 37.6 Å². The van der Waals surface area contributed by atoms with Crippen molar-refractivity contribution in [2.24, 2.45) is 5.41 Å². The van der Waals surface area contributed by atoms with Gasteiger partial charge < -0.3 is 10.0 Å². The van der Waals surface area contributed by atoms with E-state index in [1.54, 1.807) is 23.2 Å². The Hall–Kier alpha value is -1.95. The topological polar surface area (TPSA) is 70.5 Å². The number of amides is 1. The molecular weight excluding hydrogens is 324 g/mol. The molecule has 0 bridgehead atoms. The number of nitrogens with zero attached hydrogens (tertiary/aromatic N) is 2. The molecule has 0 aliphatic carbocycles. The summed E-state index contributed by atoms with van der Waals surface area (Å²) >= 11 is 1.71. The molecule has 128 valence electrons. The largest absolute Gasteiger partial charge is 0.481 e. The molecule has 2 aromatic rings. The molecule has 0 radical (unpaired) electrons. The zero-order valence-corrected chi connectivity index (χ0v) is 14.6. The molecule has 1 saturated heterocycles. The summed E-state index contributed by atoms with van der Waals surface area (Å²) in [7, 11) is 0. The lowest BCUT2D eigenvalue weighted by molar-refractivity contribution is -0.147. The van der Waals surface area contributed by atoms with Gasteiger partial charge in [0.25, 0.3) is 0 Å². The number of carbonyl (C=O) groups excluding carboxylic acids is 1. The van der Waals surface area contributed by atoms with Crippen molar-refractivity contribution in [2.45, 2.75) is 39.0 Å². The summed E-state index contributed by atoms with van der Waals surface area (Å²) in [4.78, 5) is 29.8. The summed E-state index contributed by atoms with van der Waals surface area (Å²) in [6.45, 7) is 2.61. The van der Waals surface area contributed by atoms with Crippen LogP contribution in [0.4, 0.5) is 0 Å². The third-order valence-electron chi connectivity index (χ3n) is 4.71. The number of fused-ring (bicyclic) bond motifs is 1. The lowest BCUT2D eigenvalue weighted by atomic mass is 9.90. The number of aromatic nitrogens is 1. The van der Waals surface area contributed by atoms with E-state index in [-0.39, 0.29) is 5.91 Å². The van der Waals surface area contributed by atoms with Crippen LogP contribution in [0.15, 0.2) is 24.3 Å². The number of hydrogen-bond donors (Lipinski definition) is 1. The lowest BCUT2D eigenvalue weighted by Crippen LogP contribution is -2.34. The van der Waals surface area contributed by atoms with Crippen molar-refractivity contribution in [3.05, 3.63) is 29.3 Å². The van der Waals surface area contributed by atoms with Gasteiger partial charge in [0.1, 0.15) is 0 Å². The first kappa shape index (κ1) is 16.9. The van der Waals surface area contributed by atoms with Crippen LogP contribution >= 0.6 is 11.3 Å². The fourth-order valence-corrected chi connectivity index (χ4v) is 4.10. The number of thiazole rings is 1. The molecular formula is C18H22N2O3S. The van der Waals surface area contributed by atoms with Crippen LogP contribution in [-0.4, -0.2) is 40.0 Å². The molecule has 0 spiro atoms. The van der Waals surface area contributed by atoms with Crippen LogP contribution in [0.25, 0.3) is 10.2 Å². The smallest absolute Gasteiger partial charge is 0.311 e. The average molecular weight is 346 g/mol. The summed E-state index contributed by atoms with van der Waals surface area (Å²) in [5.41, 5.74) is 0.259. The van der Waals surface area contributed by atoms with Crippen molar-refractivity contribution in [2.75, 3.05) is 13.1 Å². The first-order valence-electron chi connectivity index (χ1n) is 8.33. The minimum absolute atomic E-state index is 0.0734. The van der Waals surface area contributed by atoms with Gasteiger partial charge >= 0.3 is 5.97 Å². The number of aryl methyl sites for hydroxylation is 1. The Bertz CT molecular complexity index is 725. The molecule has 5 nitrogen and oxygen atoms in total. The van der Waals surface area contributed by atoms with E-state index in [1.807, 2.05) is 18.2 Å². The highest BCUT2D eigenvalue weighted by atomic mass is 32.1. The van der Waals surface area contributed by atoms with Crippen molar-refractivity contribution in [1.29, 1.82) is 0 Å². The molecule has 1 aliphatic rings. The molecule has 1 N–H and O–H groups in total. The summed E-state index contributed by atoms with van der Waals surface area (Å²) in [5, 5.41) is 10.3. The molecule has 1 fully saturated rings. The minimum atomic E-state index is -0.811. The molecule has 1 aromatic heterocycles. The van der Waals surface area contributed by atoms with Gasteiger partial charge in [0.05, 0.1) is 20.6 Å². The van der Waals surface area contributed by atoms with E-state index >= 15 is 0 Å². The number of para-hydroxylation sites is 1. The fraction of sp³-hybridized carbons (Fsp3) is 0.500. The van der Waals surface area contributed by atoms with Crippen molar-refractivity contribution < 1.29 is 14.7 Å². The molecule has 3 rings (SSSR count). The van der Waals surface area contributed by atoms with Gasteiger partial charge in [-0.3, -0.25) is 9.59 Å². The molecule has 1 amide bonds. The first-order valence-corrected chi connectivity index (χ1v) is 9.15. The van der Waals surface area contributed by atoms with Crippen molar-refractivity contribution in [3.8, 4) is 0 Å². The predicted octanol–water partition coefficient (Wildman–Crippen LogP) is 3.33. The second-order valence-electron chi connectivity index (χ2n) is 6.71. The standard InChI is InChI=1S/C18H22N2O3S/c1-18(17(22)23)10-11-20(12-18)16(21)9-5-4-8-15-19-13-6-2-3-7-14(13)24-15/h2-3,6-7H,4-5,8-12H2,1H3,(H,22,23)/t18-/m1/s1. The van der Waals surface area contributed by atoms with Gasteiger partial charge in [-0.2, -0.15) is 0 Å². The van der Waals surface area contributed by atoms with Crippen LogP contribution in [0.2, 0.25) is 0 Å². The SMILES string of the molecule is C[C@@]1(C(=O)O)CCN(C(=O)CCCCc2nc3ccccc3s2)C1. The molecule has 1 atom stereocenters. The van der Waals surface area contributed by atoms with Gasteiger partial charge in [0.2, 0.25) is 5.91 Å². The molecule has 2 heterocycles. The molecule has 1 aromatic carbocycles. The van der Waals surface area contributed by atoms with Crippen molar-refractivity contribution >= 4 is 33.4 Å². The molecule has 1 aliphatic heterocycles. The van der Waals surface area contributed by atoms with E-state index in [1.165, 1.54) is 4.70 Å². The third kappa shape index (κ3) is 3.59. The molecule has 24 heavy (non-hydrogen) atoms. The average Bonchev–Trinajstić information content (AvgIpc) is 3.15. The van der Waals surface area contributed by atoms with Crippen LogP contribution in [0.5, 0.6) is 0 Å². The van der Waals surface area contributed by atoms with Gasteiger partial charge in [0, 0.05) is 19.5 Å². The summed E-state index contributed by atoms with van der Waals surface area (Å²) in [5.74, 6) is -0.738. The quantitative estimate of drug-likeness (QED) is 0.815. The zero-order chi connectivity index (χ0) is 17.2. The minimum Gasteiger partial charge on any atom is -0.481 e. The van der Waals surface area contributed by atoms with E-state index < -0.39 is 11.4 Å². The van der Waals surface area contributed by atoms with Crippen LogP contribution < -0.4 is 0 Å². The number of benzene rings is 1. The Labute approximate surface area is 145 Å². The maximum atomic E-state index is 12.2. The van der Waals surface area contributed by atoms with Gasteiger partial charge in [0.15, 0.2) is 0 Å². The van der Waals surface area contributed by atoms with Crippen molar-refractivity contribution in [3.63, 3.8) is 0 Å². The normalized spacial score (nSPS) is 20.6. The second kappa shape index (κ2) is 6.89. The van der Waals surface area contributed by atoms with Crippen LogP contribution in [0, 0.1) is 5.41 Å². The van der Waals surface area contributed by atoms with Gasteiger partial charge in [-0.25, -0.2) is 4.98 Å². The predicted molar refractivity (Wildman–Crippen MR) is 94.1 cm³/mol. The Kier molecular flexibility index (Phi) is 4.85. The number of rotatable bonds is 6. The molecule has 0 unspecified atom stereocenters. The summed E-state index contributed by atoms with van der Waals surface area (Å²) < 4.78 is 1.20. The number of hydrogen-bond acceptors (Lipinski definition) is 4. The van der Waals surface area contributed by atoms with E-state index in [9.17, 15) is 14.7 Å². The Morgan fingerprint density at radius 1 is 1.33 bits per heavy atom. The van der Waals surface area contributed by atoms with E-state index in [0.717, 1.165) is 29.8 Å². The molecule has 6 heteroatoms. The van der Waals surface area contributed by atoms with Gasteiger partial charge in [-0.1, -0.05) is 12.1 Å². The zero-order valence-electron chi connectivity index (χ0n) is 13.8. The Balaban J connectivity index is 1.43. The maximum Gasteiger partial charge on any atom is 0.311 e. The number of aliphatic carboxylic acids is 1. The number of unbranched alkanes of at least 4 members (excludes halogenated alkanes) is 1. The van der Waals surface area contributed by atoms with Crippen molar-refractivity contribution in [1.82, 2.24) is 9.88 Å². The highest BCUT2D eigenvalue weighted by Crippen LogP contribution is 2.30. The Morgan fingerprint density at radius 3 is 2.83 bits per heavy atom. The molecule has 0 saturated carbocycles.